The maximum absolute atomic E-state index is 14.2. The number of nitrogen functional groups attached to an aromatic ring is 1. The molecule has 0 radical (unpaired) electrons. The molecule has 1 saturated carbocycles. The van der Waals surface area contributed by atoms with Crippen molar-refractivity contribution in [3.63, 3.8) is 0 Å². The van der Waals surface area contributed by atoms with E-state index in [0.29, 0.717) is 22.8 Å². The third-order valence-electron chi connectivity index (χ3n) is 6.48. The molecule has 3 N–H and O–H groups in total. The minimum absolute atomic E-state index is 0.164. The van der Waals surface area contributed by atoms with Crippen molar-refractivity contribution in [3.8, 4) is 22.5 Å². The molecule has 0 saturated heterocycles. The number of rotatable bonds is 4. The number of hydrogen-bond donors (Lipinski definition) is 2. The molecular formula is C24H22FN5O2S. The van der Waals surface area contributed by atoms with Crippen LogP contribution in [0.3, 0.4) is 0 Å². The summed E-state index contributed by atoms with van der Waals surface area (Å²) in [6.45, 7) is 0.821. The highest BCUT2D eigenvalue weighted by Gasteiger charge is 2.21. The number of aromatic nitrogens is 4. The van der Waals surface area contributed by atoms with Crippen LogP contribution in [0, 0.1) is 11.7 Å². The zero-order valence-corrected chi connectivity index (χ0v) is 18.6. The SMILES string of the molecule is Nc1ncc(-c2cnn(CC3CCC(O)CC3)c2)c2cc(-c3cc(F)cc4cnsc34)oc12. The fourth-order valence-electron chi connectivity index (χ4n) is 4.73. The second kappa shape index (κ2) is 7.93. The Labute approximate surface area is 192 Å². The van der Waals surface area contributed by atoms with E-state index in [-0.39, 0.29) is 17.7 Å². The molecule has 5 aromatic rings. The molecular weight excluding hydrogens is 441 g/mol. The highest BCUT2D eigenvalue weighted by atomic mass is 32.1. The summed E-state index contributed by atoms with van der Waals surface area (Å²) in [6, 6.07) is 4.81. The first-order chi connectivity index (χ1) is 16.0. The number of anilines is 1. The number of nitrogens with two attached hydrogens (primary N) is 1. The summed E-state index contributed by atoms with van der Waals surface area (Å²) in [4.78, 5) is 4.33. The normalized spacial score (nSPS) is 19.0. The molecule has 0 aliphatic heterocycles. The van der Waals surface area contributed by atoms with Crippen LogP contribution in [-0.2, 0) is 6.54 Å². The molecule has 1 aliphatic rings. The van der Waals surface area contributed by atoms with E-state index in [2.05, 4.69) is 14.5 Å². The molecule has 0 spiro atoms. The van der Waals surface area contributed by atoms with E-state index in [1.807, 2.05) is 23.1 Å². The van der Waals surface area contributed by atoms with Crippen molar-refractivity contribution in [3.05, 3.63) is 48.8 Å². The van der Waals surface area contributed by atoms with Gasteiger partial charge in [0, 0.05) is 52.6 Å². The number of hydrogen-bond acceptors (Lipinski definition) is 7. The Hall–Kier alpha value is -3.30. The fourth-order valence-corrected chi connectivity index (χ4v) is 5.48. The number of fused-ring (bicyclic) bond motifs is 2. The summed E-state index contributed by atoms with van der Waals surface area (Å²) >= 11 is 1.30. The number of benzene rings is 1. The standard InChI is InChI=1S/C24H22FN5O2S/c25-16-5-14-9-29-33-23(14)19(6-16)21-7-18-20(10-27-24(26)22(18)32-21)15-8-28-30(12-15)11-13-1-3-17(31)4-2-13/h5-10,12-13,17,31H,1-4,11H2,(H2,26,27). The third kappa shape index (κ3) is 3.67. The van der Waals surface area contributed by atoms with Crippen molar-refractivity contribution in [2.45, 2.75) is 38.3 Å². The van der Waals surface area contributed by atoms with Crippen LogP contribution in [-0.4, -0.2) is 30.3 Å². The Kier molecular flexibility index (Phi) is 4.88. The molecule has 6 rings (SSSR count). The van der Waals surface area contributed by atoms with Gasteiger partial charge in [0.2, 0.25) is 0 Å². The van der Waals surface area contributed by atoms with Gasteiger partial charge in [0.1, 0.15) is 11.6 Å². The van der Waals surface area contributed by atoms with Gasteiger partial charge in [-0.3, -0.25) is 4.68 Å². The summed E-state index contributed by atoms with van der Waals surface area (Å²) in [6.07, 6.45) is 10.8. The van der Waals surface area contributed by atoms with Gasteiger partial charge in [0.05, 0.1) is 17.0 Å². The van der Waals surface area contributed by atoms with Crippen molar-refractivity contribution in [2.75, 3.05) is 5.73 Å². The van der Waals surface area contributed by atoms with Crippen molar-refractivity contribution in [2.24, 2.45) is 5.92 Å². The first-order valence-electron chi connectivity index (χ1n) is 11.0. The lowest BCUT2D eigenvalue weighted by Gasteiger charge is -2.25. The van der Waals surface area contributed by atoms with Crippen molar-refractivity contribution < 1.29 is 13.9 Å². The number of halogens is 1. The van der Waals surface area contributed by atoms with Gasteiger partial charge >= 0.3 is 0 Å². The predicted molar refractivity (Wildman–Crippen MR) is 126 cm³/mol. The van der Waals surface area contributed by atoms with Gasteiger partial charge < -0.3 is 15.3 Å². The van der Waals surface area contributed by atoms with Crippen LogP contribution in [0.25, 0.3) is 43.5 Å². The van der Waals surface area contributed by atoms with Crippen LogP contribution >= 0.6 is 11.5 Å². The van der Waals surface area contributed by atoms with Crippen LogP contribution < -0.4 is 5.73 Å². The average molecular weight is 464 g/mol. The molecule has 1 aliphatic carbocycles. The zero-order chi connectivity index (χ0) is 22.5. The molecule has 0 atom stereocenters. The molecule has 4 aromatic heterocycles. The number of pyridine rings is 1. The van der Waals surface area contributed by atoms with Crippen molar-refractivity contribution >= 4 is 38.4 Å². The lowest BCUT2D eigenvalue weighted by atomic mass is 9.87. The third-order valence-corrected chi connectivity index (χ3v) is 7.33. The van der Waals surface area contributed by atoms with Gasteiger partial charge in [-0.05, 0) is 61.3 Å². The lowest BCUT2D eigenvalue weighted by molar-refractivity contribution is 0.103. The number of aliphatic hydroxyl groups excluding tert-OH is 1. The Morgan fingerprint density at radius 1 is 1.12 bits per heavy atom. The monoisotopic (exact) mass is 463 g/mol. The largest absolute Gasteiger partial charge is 0.452 e. The highest BCUT2D eigenvalue weighted by Crippen LogP contribution is 2.40. The van der Waals surface area contributed by atoms with E-state index in [4.69, 9.17) is 10.2 Å². The highest BCUT2D eigenvalue weighted by molar-refractivity contribution is 7.13. The summed E-state index contributed by atoms with van der Waals surface area (Å²) in [5, 5.41) is 15.8. The van der Waals surface area contributed by atoms with E-state index in [9.17, 15) is 9.50 Å². The van der Waals surface area contributed by atoms with E-state index in [0.717, 1.165) is 58.8 Å². The van der Waals surface area contributed by atoms with E-state index in [1.165, 1.54) is 23.7 Å². The van der Waals surface area contributed by atoms with Gasteiger partial charge in [-0.15, -0.1) is 0 Å². The van der Waals surface area contributed by atoms with Gasteiger partial charge in [0.25, 0.3) is 0 Å². The van der Waals surface area contributed by atoms with Gasteiger partial charge in [-0.2, -0.15) is 9.47 Å². The minimum atomic E-state index is -0.346. The van der Waals surface area contributed by atoms with Gasteiger partial charge in [0.15, 0.2) is 11.4 Å². The number of furan rings is 1. The molecule has 1 aromatic carbocycles. The molecule has 0 bridgehead atoms. The maximum atomic E-state index is 14.2. The Bertz CT molecular complexity index is 1460. The van der Waals surface area contributed by atoms with E-state index < -0.39 is 0 Å². The van der Waals surface area contributed by atoms with E-state index in [1.54, 1.807) is 12.4 Å². The Morgan fingerprint density at radius 2 is 1.97 bits per heavy atom. The molecule has 0 amide bonds. The molecule has 4 heterocycles. The summed E-state index contributed by atoms with van der Waals surface area (Å²) in [5.74, 6) is 0.972. The molecule has 33 heavy (non-hydrogen) atoms. The molecule has 168 valence electrons. The molecule has 1 fully saturated rings. The summed E-state index contributed by atoms with van der Waals surface area (Å²) in [5.41, 5.74) is 9.01. The maximum Gasteiger partial charge on any atom is 0.177 e. The first-order valence-corrected chi connectivity index (χ1v) is 11.8. The first kappa shape index (κ1) is 20.3. The number of aliphatic hydroxyl groups is 1. The van der Waals surface area contributed by atoms with Crippen LogP contribution in [0.5, 0.6) is 0 Å². The van der Waals surface area contributed by atoms with Crippen molar-refractivity contribution in [1.29, 1.82) is 0 Å². The quantitative estimate of drug-likeness (QED) is 0.378. The second-order valence-electron chi connectivity index (χ2n) is 8.73. The summed E-state index contributed by atoms with van der Waals surface area (Å²) < 4.78 is 27.3. The smallest absolute Gasteiger partial charge is 0.177 e. The van der Waals surface area contributed by atoms with Crippen LogP contribution in [0.15, 0.2) is 47.4 Å². The Morgan fingerprint density at radius 3 is 2.82 bits per heavy atom. The van der Waals surface area contributed by atoms with Crippen LogP contribution in [0.2, 0.25) is 0 Å². The van der Waals surface area contributed by atoms with Crippen LogP contribution in [0.4, 0.5) is 10.2 Å². The van der Waals surface area contributed by atoms with Gasteiger partial charge in [-0.1, -0.05) is 0 Å². The second-order valence-corrected chi connectivity index (χ2v) is 9.54. The number of nitrogens with zero attached hydrogens (tertiary/aromatic N) is 4. The minimum Gasteiger partial charge on any atom is -0.452 e. The molecule has 0 unspecified atom stereocenters. The average Bonchev–Trinajstić information content (AvgIpc) is 3.55. The zero-order valence-electron chi connectivity index (χ0n) is 17.7. The fraction of sp³-hybridized carbons (Fsp3) is 0.292. The Balaban J connectivity index is 1.38. The van der Waals surface area contributed by atoms with Gasteiger partial charge in [-0.25, -0.2) is 9.37 Å². The van der Waals surface area contributed by atoms with E-state index >= 15 is 0 Å². The topological polar surface area (TPSA) is 103 Å². The summed E-state index contributed by atoms with van der Waals surface area (Å²) in [7, 11) is 0. The molecule has 7 nitrogen and oxygen atoms in total. The predicted octanol–water partition coefficient (Wildman–Crippen LogP) is 5.24. The lowest BCUT2D eigenvalue weighted by Crippen LogP contribution is -2.21. The molecule has 9 heteroatoms. The van der Waals surface area contributed by atoms with Crippen molar-refractivity contribution in [1.82, 2.24) is 19.1 Å². The van der Waals surface area contributed by atoms with Crippen LogP contribution in [0.1, 0.15) is 25.7 Å².